The minimum atomic E-state index is 0.00401. The highest BCUT2D eigenvalue weighted by Crippen LogP contribution is 2.26. The molecule has 1 unspecified atom stereocenters. The van der Waals surface area contributed by atoms with Crippen molar-refractivity contribution in [2.45, 2.75) is 38.3 Å². The van der Waals surface area contributed by atoms with Gasteiger partial charge >= 0.3 is 0 Å². The first-order chi connectivity index (χ1) is 6.75. The lowest BCUT2D eigenvalue weighted by Gasteiger charge is -2.00. The molecule has 5 nitrogen and oxygen atoms in total. The lowest BCUT2D eigenvalue weighted by molar-refractivity contribution is 0.0835. The topological polar surface area (TPSA) is 74.2 Å². The summed E-state index contributed by atoms with van der Waals surface area (Å²) in [5, 5.41) is 3.85. The van der Waals surface area contributed by atoms with E-state index in [0.717, 1.165) is 19.4 Å². The summed E-state index contributed by atoms with van der Waals surface area (Å²) in [5.74, 6) is 1.27. The molecule has 2 rings (SSSR count). The molecule has 0 aliphatic carbocycles. The quantitative estimate of drug-likeness (QED) is 0.776. The molecular formula is C9H15N3O2. The van der Waals surface area contributed by atoms with Gasteiger partial charge in [0.15, 0.2) is 5.82 Å². The Hall–Kier alpha value is -0.940. The predicted octanol–water partition coefficient (Wildman–Crippen LogP) is 0.811. The molecule has 5 heteroatoms. The summed E-state index contributed by atoms with van der Waals surface area (Å²) in [7, 11) is 0. The number of nitrogens with two attached hydrogens (primary N) is 1. The third-order valence-corrected chi connectivity index (χ3v) is 2.19. The maximum atomic E-state index is 5.63. The Labute approximate surface area is 82.6 Å². The van der Waals surface area contributed by atoms with Gasteiger partial charge in [-0.15, -0.1) is 0 Å². The Morgan fingerprint density at radius 2 is 2.50 bits per heavy atom. The van der Waals surface area contributed by atoms with Gasteiger partial charge in [-0.05, 0) is 19.8 Å². The van der Waals surface area contributed by atoms with Gasteiger partial charge in [0.1, 0.15) is 6.10 Å². The number of nitrogens with zero attached hydrogens (tertiary/aromatic N) is 2. The Morgan fingerprint density at radius 3 is 3.14 bits per heavy atom. The first-order valence-corrected chi connectivity index (χ1v) is 4.95. The van der Waals surface area contributed by atoms with E-state index in [0.29, 0.717) is 18.1 Å². The van der Waals surface area contributed by atoms with Crippen LogP contribution >= 0.6 is 0 Å². The summed E-state index contributed by atoms with van der Waals surface area (Å²) < 4.78 is 10.5. The van der Waals surface area contributed by atoms with Gasteiger partial charge in [-0.2, -0.15) is 4.98 Å². The molecule has 2 N–H and O–H groups in total. The van der Waals surface area contributed by atoms with E-state index in [4.69, 9.17) is 15.0 Å². The summed E-state index contributed by atoms with van der Waals surface area (Å²) in [5.41, 5.74) is 5.63. The average Bonchev–Trinajstić information content (AvgIpc) is 2.69. The van der Waals surface area contributed by atoms with Crippen molar-refractivity contribution in [1.82, 2.24) is 10.1 Å². The Morgan fingerprint density at radius 1 is 1.64 bits per heavy atom. The van der Waals surface area contributed by atoms with E-state index in [1.165, 1.54) is 0 Å². The third kappa shape index (κ3) is 2.10. The molecule has 0 radical (unpaired) electrons. The van der Waals surface area contributed by atoms with Gasteiger partial charge in [-0.1, -0.05) is 5.16 Å². The fourth-order valence-electron chi connectivity index (χ4n) is 1.54. The highest BCUT2D eigenvalue weighted by molar-refractivity contribution is 4.93. The average molecular weight is 197 g/mol. The molecule has 0 bridgehead atoms. The number of aromatic nitrogens is 2. The molecule has 1 aromatic rings. The maximum absolute atomic E-state index is 5.63. The van der Waals surface area contributed by atoms with Crippen LogP contribution in [-0.4, -0.2) is 22.8 Å². The monoisotopic (exact) mass is 197 g/mol. The fraction of sp³-hybridized carbons (Fsp3) is 0.778. The van der Waals surface area contributed by atoms with E-state index in [1.807, 2.05) is 6.92 Å². The minimum Gasteiger partial charge on any atom is -0.368 e. The van der Waals surface area contributed by atoms with E-state index in [9.17, 15) is 0 Å². The Balaban J connectivity index is 2.01. The van der Waals surface area contributed by atoms with Crippen molar-refractivity contribution < 1.29 is 9.26 Å². The van der Waals surface area contributed by atoms with E-state index < -0.39 is 0 Å². The van der Waals surface area contributed by atoms with Crippen molar-refractivity contribution in [3.63, 3.8) is 0 Å². The standard InChI is InChI=1S/C9H15N3O2/c1-6(10)5-8-11-9(14-12-8)7-3-2-4-13-7/h6-7H,2-5,10H2,1H3/t6?,7-/m0/s1. The zero-order valence-electron chi connectivity index (χ0n) is 8.27. The second kappa shape index (κ2) is 4.06. The van der Waals surface area contributed by atoms with Gasteiger partial charge in [0.25, 0.3) is 5.89 Å². The first kappa shape index (κ1) is 9.61. The second-order valence-electron chi connectivity index (χ2n) is 3.73. The van der Waals surface area contributed by atoms with Crippen molar-refractivity contribution in [3.05, 3.63) is 11.7 Å². The van der Waals surface area contributed by atoms with Gasteiger partial charge in [0.05, 0.1) is 0 Å². The molecule has 2 heterocycles. The summed E-state index contributed by atoms with van der Waals surface area (Å²) in [4.78, 5) is 4.25. The lowest BCUT2D eigenvalue weighted by Crippen LogP contribution is -2.18. The smallest absolute Gasteiger partial charge is 0.255 e. The molecule has 0 spiro atoms. The van der Waals surface area contributed by atoms with Crippen LogP contribution in [0.15, 0.2) is 4.52 Å². The van der Waals surface area contributed by atoms with Crippen LogP contribution in [0.1, 0.15) is 37.6 Å². The summed E-state index contributed by atoms with van der Waals surface area (Å²) in [6, 6.07) is 0.0601. The molecule has 1 aromatic heterocycles. The molecule has 14 heavy (non-hydrogen) atoms. The van der Waals surface area contributed by atoms with Crippen molar-refractivity contribution in [1.29, 1.82) is 0 Å². The number of ether oxygens (including phenoxy) is 1. The minimum absolute atomic E-state index is 0.00401. The van der Waals surface area contributed by atoms with Crippen LogP contribution in [0, 0.1) is 0 Å². The van der Waals surface area contributed by atoms with E-state index in [1.54, 1.807) is 0 Å². The van der Waals surface area contributed by atoms with Crippen LogP contribution in [0.4, 0.5) is 0 Å². The summed E-state index contributed by atoms with van der Waals surface area (Å²) >= 11 is 0. The number of hydrogen-bond donors (Lipinski definition) is 1. The van der Waals surface area contributed by atoms with Gasteiger partial charge < -0.3 is 15.0 Å². The van der Waals surface area contributed by atoms with Crippen LogP contribution in [0.3, 0.4) is 0 Å². The molecule has 0 amide bonds. The molecule has 78 valence electrons. The summed E-state index contributed by atoms with van der Waals surface area (Å²) in [6.07, 6.45) is 2.69. The zero-order chi connectivity index (χ0) is 9.97. The second-order valence-corrected chi connectivity index (χ2v) is 3.73. The highest BCUT2D eigenvalue weighted by Gasteiger charge is 2.23. The fourth-order valence-corrected chi connectivity index (χ4v) is 1.54. The van der Waals surface area contributed by atoms with Gasteiger partial charge in [-0.3, -0.25) is 0 Å². The van der Waals surface area contributed by atoms with Crippen LogP contribution in [-0.2, 0) is 11.2 Å². The molecule has 1 aliphatic heterocycles. The van der Waals surface area contributed by atoms with Crippen LogP contribution in [0.2, 0.25) is 0 Å². The normalized spacial score (nSPS) is 24.0. The van der Waals surface area contributed by atoms with E-state index in [2.05, 4.69) is 10.1 Å². The Kier molecular flexibility index (Phi) is 2.79. The number of hydrogen-bond acceptors (Lipinski definition) is 5. The molecule has 1 aliphatic rings. The zero-order valence-corrected chi connectivity index (χ0v) is 8.27. The molecule has 0 saturated carbocycles. The Bertz CT molecular complexity index is 292. The maximum Gasteiger partial charge on any atom is 0.255 e. The first-order valence-electron chi connectivity index (χ1n) is 4.95. The molecule has 1 fully saturated rings. The van der Waals surface area contributed by atoms with Gasteiger partial charge in [0, 0.05) is 19.1 Å². The van der Waals surface area contributed by atoms with Crippen molar-refractivity contribution in [2.24, 2.45) is 5.73 Å². The highest BCUT2D eigenvalue weighted by atomic mass is 16.5. The largest absolute Gasteiger partial charge is 0.368 e. The molecular weight excluding hydrogens is 182 g/mol. The third-order valence-electron chi connectivity index (χ3n) is 2.19. The summed E-state index contributed by atoms with van der Waals surface area (Å²) in [6.45, 7) is 2.71. The van der Waals surface area contributed by atoms with E-state index >= 15 is 0 Å². The van der Waals surface area contributed by atoms with E-state index in [-0.39, 0.29) is 12.1 Å². The van der Waals surface area contributed by atoms with Crippen molar-refractivity contribution >= 4 is 0 Å². The number of rotatable bonds is 3. The van der Waals surface area contributed by atoms with Crippen LogP contribution in [0.25, 0.3) is 0 Å². The van der Waals surface area contributed by atoms with Crippen molar-refractivity contribution in [2.75, 3.05) is 6.61 Å². The molecule has 0 aromatic carbocycles. The van der Waals surface area contributed by atoms with Crippen molar-refractivity contribution in [3.8, 4) is 0 Å². The molecule has 2 atom stereocenters. The molecule has 1 saturated heterocycles. The lowest BCUT2D eigenvalue weighted by atomic mass is 10.2. The SMILES string of the molecule is CC(N)Cc1noc([C@@H]2CCCO2)n1. The van der Waals surface area contributed by atoms with Crippen LogP contribution in [0.5, 0.6) is 0 Å². The van der Waals surface area contributed by atoms with Gasteiger partial charge in [0.2, 0.25) is 0 Å². The predicted molar refractivity (Wildman–Crippen MR) is 49.6 cm³/mol. The van der Waals surface area contributed by atoms with Crippen LogP contribution < -0.4 is 5.73 Å². The van der Waals surface area contributed by atoms with Gasteiger partial charge in [-0.25, -0.2) is 0 Å².